The number of aryl methyl sites for hydroxylation is 2. The Kier molecular flexibility index (Phi) is 4.81. The zero-order valence-electron chi connectivity index (χ0n) is 12.2. The van der Waals surface area contributed by atoms with Crippen LogP contribution in [0, 0.1) is 0 Å². The Hall–Kier alpha value is -1.64. The van der Waals surface area contributed by atoms with Crippen molar-refractivity contribution in [1.82, 2.24) is 19.1 Å². The van der Waals surface area contributed by atoms with Crippen LogP contribution >= 0.6 is 0 Å². The predicted molar refractivity (Wildman–Crippen MR) is 77.9 cm³/mol. The Labute approximate surface area is 124 Å². The lowest BCUT2D eigenvalue weighted by Crippen LogP contribution is -2.23. The van der Waals surface area contributed by atoms with E-state index in [2.05, 4.69) is 9.82 Å². The maximum absolute atomic E-state index is 12.3. The normalized spacial score (nSPS) is 12.0. The molecule has 0 aliphatic heterocycles. The maximum atomic E-state index is 12.3. The molecule has 8 heteroatoms. The van der Waals surface area contributed by atoms with Crippen LogP contribution in [0.2, 0.25) is 0 Å². The number of nitrogens with one attached hydrogen (secondary N) is 1. The Morgan fingerprint density at radius 2 is 2.19 bits per heavy atom. The zero-order chi connectivity index (χ0) is 15.5. The summed E-state index contributed by atoms with van der Waals surface area (Å²) in [4.78, 5) is 0.163. The molecule has 0 spiro atoms. The van der Waals surface area contributed by atoms with Gasteiger partial charge in [0.15, 0.2) is 0 Å². The molecule has 0 saturated carbocycles. The van der Waals surface area contributed by atoms with E-state index >= 15 is 0 Å². The number of rotatable bonds is 7. The second-order valence-electron chi connectivity index (χ2n) is 4.82. The molecule has 0 unspecified atom stereocenters. The van der Waals surface area contributed by atoms with E-state index in [1.54, 1.807) is 34.8 Å². The SMILES string of the molecule is CCCn1cc(S(=O)(=O)NCc2ccn(C)n2)cc1CO. The Bertz CT molecular complexity index is 703. The fourth-order valence-electron chi connectivity index (χ4n) is 2.06. The zero-order valence-corrected chi connectivity index (χ0v) is 13.0. The van der Waals surface area contributed by atoms with Crippen molar-refractivity contribution >= 4 is 10.0 Å². The minimum atomic E-state index is -3.61. The topological polar surface area (TPSA) is 89.2 Å². The van der Waals surface area contributed by atoms with Crippen LogP contribution in [0.25, 0.3) is 0 Å². The van der Waals surface area contributed by atoms with Gasteiger partial charge >= 0.3 is 0 Å². The first-order valence-corrected chi connectivity index (χ1v) is 8.22. The molecular weight excluding hydrogens is 292 g/mol. The van der Waals surface area contributed by atoms with E-state index in [1.165, 1.54) is 6.07 Å². The second-order valence-corrected chi connectivity index (χ2v) is 6.59. The lowest BCUT2D eigenvalue weighted by Gasteiger charge is -2.04. The summed E-state index contributed by atoms with van der Waals surface area (Å²) in [5.74, 6) is 0. The molecule has 0 saturated heterocycles. The number of hydrogen-bond donors (Lipinski definition) is 2. The molecule has 0 radical (unpaired) electrons. The van der Waals surface area contributed by atoms with E-state index < -0.39 is 10.0 Å². The Morgan fingerprint density at radius 3 is 2.76 bits per heavy atom. The van der Waals surface area contributed by atoms with Gasteiger partial charge in [0, 0.05) is 31.7 Å². The fraction of sp³-hybridized carbons (Fsp3) is 0.462. The van der Waals surface area contributed by atoms with Gasteiger partial charge in [0.25, 0.3) is 0 Å². The van der Waals surface area contributed by atoms with Crippen molar-refractivity contribution in [2.45, 2.75) is 37.9 Å². The standard InChI is InChI=1S/C13H20N4O3S/c1-3-5-17-9-13(7-12(17)10-18)21(19,20)14-8-11-4-6-16(2)15-11/h4,6-7,9,14,18H,3,5,8,10H2,1-2H3. The van der Waals surface area contributed by atoms with E-state index in [0.717, 1.165) is 6.42 Å². The number of sulfonamides is 1. The Morgan fingerprint density at radius 1 is 1.43 bits per heavy atom. The molecule has 0 atom stereocenters. The van der Waals surface area contributed by atoms with Crippen LogP contribution < -0.4 is 4.72 Å². The van der Waals surface area contributed by atoms with Crippen LogP contribution in [-0.2, 0) is 36.8 Å². The number of aliphatic hydroxyl groups excluding tert-OH is 1. The van der Waals surface area contributed by atoms with Gasteiger partial charge in [-0.05, 0) is 18.6 Å². The summed E-state index contributed by atoms with van der Waals surface area (Å²) < 4.78 is 30.4. The summed E-state index contributed by atoms with van der Waals surface area (Å²) in [7, 11) is -1.84. The molecule has 0 aromatic carbocycles. The molecule has 2 aromatic rings. The summed E-state index contributed by atoms with van der Waals surface area (Å²) in [6, 6.07) is 3.25. The van der Waals surface area contributed by atoms with Crippen LogP contribution in [0.5, 0.6) is 0 Å². The van der Waals surface area contributed by atoms with E-state index in [0.29, 0.717) is 17.9 Å². The maximum Gasteiger partial charge on any atom is 0.242 e. The minimum absolute atomic E-state index is 0.136. The predicted octanol–water partition coefficient (Wildman–Crippen LogP) is 0.602. The first-order valence-electron chi connectivity index (χ1n) is 6.74. The molecule has 0 bridgehead atoms. The number of nitrogens with zero attached hydrogens (tertiary/aromatic N) is 3. The van der Waals surface area contributed by atoms with Crippen LogP contribution in [0.3, 0.4) is 0 Å². The van der Waals surface area contributed by atoms with Gasteiger partial charge in [-0.15, -0.1) is 0 Å². The lowest BCUT2D eigenvalue weighted by molar-refractivity contribution is 0.270. The minimum Gasteiger partial charge on any atom is -0.390 e. The third-order valence-corrected chi connectivity index (χ3v) is 4.48. The van der Waals surface area contributed by atoms with Gasteiger partial charge in [-0.3, -0.25) is 4.68 Å². The first-order chi connectivity index (χ1) is 9.96. The van der Waals surface area contributed by atoms with Gasteiger partial charge in [0.1, 0.15) is 0 Å². The monoisotopic (exact) mass is 312 g/mol. The quantitative estimate of drug-likeness (QED) is 0.783. The number of aromatic nitrogens is 3. The second kappa shape index (κ2) is 6.42. The van der Waals surface area contributed by atoms with Crippen molar-refractivity contribution in [2.24, 2.45) is 7.05 Å². The molecular formula is C13H20N4O3S. The third kappa shape index (κ3) is 3.72. The van der Waals surface area contributed by atoms with Crippen molar-refractivity contribution in [3.8, 4) is 0 Å². The van der Waals surface area contributed by atoms with E-state index in [4.69, 9.17) is 0 Å². The van der Waals surface area contributed by atoms with Gasteiger partial charge in [-0.25, -0.2) is 13.1 Å². The number of aliphatic hydroxyl groups is 1. The molecule has 7 nitrogen and oxygen atoms in total. The first kappa shape index (κ1) is 15.7. The molecule has 2 N–H and O–H groups in total. The van der Waals surface area contributed by atoms with Crippen LogP contribution in [-0.4, -0.2) is 27.9 Å². The van der Waals surface area contributed by atoms with Crippen molar-refractivity contribution in [2.75, 3.05) is 0 Å². The van der Waals surface area contributed by atoms with Crippen molar-refractivity contribution in [3.05, 3.63) is 35.9 Å². The fourth-order valence-corrected chi connectivity index (χ4v) is 3.12. The lowest BCUT2D eigenvalue weighted by atomic mass is 10.4. The van der Waals surface area contributed by atoms with Gasteiger partial charge < -0.3 is 9.67 Å². The smallest absolute Gasteiger partial charge is 0.242 e. The summed E-state index contributed by atoms with van der Waals surface area (Å²) in [5.41, 5.74) is 1.24. The summed E-state index contributed by atoms with van der Waals surface area (Å²) in [5, 5.41) is 13.4. The average molecular weight is 312 g/mol. The molecule has 21 heavy (non-hydrogen) atoms. The third-order valence-electron chi connectivity index (χ3n) is 3.11. The summed E-state index contributed by atoms with van der Waals surface area (Å²) >= 11 is 0. The molecule has 0 fully saturated rings. The van der Waals surface area contributed by atoms with Crippen LogP contribution in [0.1, 0.15) is 24.7 Å². The highest BCUT2D eigenvalue weighted by molar-refractivity contribution is 7.89. The highest BCUT2D eigenvalue weighted by atomic mass is 32.2. The molecule has 0 aliphatic carbocycles. The van der Waals surface area contributed by atoms with Crippen molar-refractivity contribution < 1.29 is 13.5 Å². The largest absolute Gasteiger partial charge is 0.390 e. The summed E-state index contributed by atoms with van der Waals surface area (Å²) in [6.07, 6.45) is 4.17. The van der Waals surface area contributed by atoms with E-state index in [9.17, 15) is 13.5 Å². The van der Waals surface area contributed by atoms with Crippen molar-refractivity contribution in [3.63, 3.8) is 0 Å². The van der Waals surface area contributed by atoms with Crippen LogP contribution in [0.15, 0.2) is 29.4 Å². The molecule has 2 heterocycles. The van der Waals surface area contributed by atoms with E-state index in [-0.39, 0.29) is 18.0 Å². The molecule has 116 valence electrons. The highest BCUT2D eigenvalue weighted by Crippen LogP contribution is 2.15. The van der Waals surface area contributed by atoms with Gasteiger partial charge in [0.2, 0.25) is 10.0 Å². The van der Waals surface area contributed by atoms with Crippen LogP contribution in [0.4, 0.5) is 0 Å². The Balaban J connectivity index is 2.15. The molecule has 0 amide bonds. The highest BCUT2D eigenvalue weighted by Gasteiger charge is 2.18. The average Bonchev–Trinajstić information content (AvgIpc) is 3.04. The number of hydrogen-bond acceptors (Lipinski definition) is 4. The van der Waals surface area contributed by atoms with Gasteiger partial charge in [-0.2, -0.15) is 5.10 Å². The van der Waals surface area contributed by atoms with E-state index in [1.807, 2.05) is 6.92 Å². The van der Waals surface area contributed by atoms with Crippen molar-refractivity contribution in [1.29, 1.82) is 0 Å². The van der Waals surface area contributed by atoms with Gasteiger partial charge in [-0.1, -0.05) is 6.92 Å². The molecule has 2 aromatic heterocycles. The van der Waals surface area contributed by atoms with Gasteiger partial charge in [0.05, 0.1) is 23.7 Å². The molecule has 0 aliphatic rings. The summed E-state index contributed by atoms with van der Waals surface area (Å²) in [6.45, 7) is 2.62. The molecule has 2 rings (SSSR count).